The molecule has 1 aliphatic heterocycles. The number of nitrogens with zero attached hydrogens (tertiary/aromatic N) is 4. The van der Waals surface area contributed by atoms with Gasteiger partial charge in [0.2, 0.25) is 0 Å². The van der Waals surface area contributed by atoms with Gasteiger partial charge in [-0.25, -0.2) is 9.97 Å². The van der Waals surface area contributed by atoms with Gasteiger partial charge >= 0.3 is 5.97 Å². The highest BCUT2D eigenvalue weighted by Gasteiger charge is 2.34. The molecule has 0 amide bonds. The first-order valence-electron chi connectivity index (χ1n) is 11.7. The Balaban J connectivity index is 1.49. The van der Waals surface area contributed by atoms with Crippen LogP contribution in [0, 0.1) is 22.7 Å². The first kappa shape index (κ1) is 22.2. The second kappa shape index (κ2) is 9.07. The number of carbonyl (C=O) groups excluding carboxylic acids is 1. The topological polar surface area (TPSA) is 109 Å². The first-order chi connectivity index (χ1) is 18.2. The van der Waals surface area contributed by atoms with E-state index in [9.17, 15) is 15.3 Å². The molecule has 37 heavy (non-hydrogen) atoms. The zero-order chi connectivity index (χ0) is 25.4. The Kier molecular flexibility index (Phi) is 5.44. The minimum atomic E-state index is -0.375. The third kappa shape index (κ3) is 3.89. The van der Waals surface area contributed by atoms with E-state index < -0.39 is 0 Å². The van der Waals surface area contributed by atoms with E-state index in [1.54, 1.807) is 0 Å². The maximum absolute atomic E-state index is 12.8. The predicted molar refractivity (Wildman–Crippen MR) is 136 cm³/mol. The van der Waals surface area contributed by atoms with Gasteiger partial charge in [-0.05, 0) is 23.3 Å². The third-order valence-electron chi connectivity index (χ3n) is 6.50. The van der Waals surface area contributed by atoms with Crippen LogP contribution in [0.15, 0.2) is 78.9 Å². The van der Waals surface area contributed by atoms with E-state index in [2.05, 4.69) is 9.97 Å². The molecule has 0 radical (unpaired) electrons. The summed E-state index contributed by atoms with van der Waals surface area (Å²) in [5, 5.41) is 20.6. The van der Waals surface area contributed by atoms with Crippen LogP contribution in [0.25, 0.3) is 21.8 Å². The van der Waals surface area contributed by atoms with Crippen molar-refractivity contribution in [3.8, 4) is 23.6 Å². The molecule has 1 atom stereocenters. The van der Waals surface area contributed by atoms with Crippen LogP contribution in [-0.4, -0.2) is 15.9 Å². The van der Waals surface area contributed by atoms with Crippen LogP contribution >= 0.6 is 0 Å². The predicted octanol–water partition coefficient (Wildman–Crippen LogP) is 5.55. The van der Waals surface area contributed by atoms with Crippen molar-refractivity contribution in [1.29, 1.82) is 10.5 Å². The summed E-state index contributed by atoms with van der Waals surface area (Å²) < 4.78 is 11.7. The van der Waals surface area contributed by atoms with Crippen molar-refractivity contribution in [1.82, 2.24) is 9.97 Å². The molecule has 176 valence electrons. The minimum Gasteiger partial charge on any atom is -0.489 e. The number of nitriles is 2. The number of ether oxygens (including phenoxy) is 2. The van der Waals surface area contributed by atoms with Crippen LogP contribution < -0.4 is 9.47 Å². The average Bonchev–Trinajstić information content (AvgIpc) is 2.96. The molecule has 1 unspecified atom stereocenters. The summed E-state index contributed by atoms with van der Waals surface area (Å²) in [6, 6.07) is 28.8. The van der Waals surface area contributed by atoms with Gasteiger partial charge in [-0.2, -0.15) is 10.5 Å². The molecule has 1 aromatic heterocycles. The standard InChI is InChI=1S/C30H18N4O3/c31-15-24-25(16-32)34-29-27-23(19-10-12-20(13-11-19)36-17-18-6-2-1-3-7-18)14-26(35)37-30(27)22-9-5-4-8-21(22)28(29)33-24/h1-13,23H,14,17H2. The lowest BCUT2D eigenvalue weighted by Crippen LogP contribution is -2.22. The van der Waals surface area contributed by atoms with Crippen LogP contribution in [0.1, 0.15) is 40.4 Å². The van der Waals surface area contributed by atoms with E-state index in [0.717, 1.165) is 11.1 Å². The van der Waals surface area contributed by atoms with Crippen LogP contribution in [0.3, 0.4) is 0 Å². The molecule has 5 aromatic rings. The number of rotatable bonds is 4. The Morgan fingerprint density at radius 2 is 1.49 bits per heavy atom. The summed E-state index contributed by atoms with van der Waals surface area (Å²) in [5.41, 5.74) is 3.47. The molecule has 2 heterocycles. The summed E-state index contributed by atoms with van der Waals surface area (Å²) in [6.07, 6.45) is 0.105. The van der Waals surface area contributed by atoms with E-state index in [1.807, 2.05) is 91.0 Å². The number of esters is 1. The Bertz CT molecular complexity index is 1770. The van der Waals surface area contributed by atoms with Crippen molar-refractivity contribution in [2.24, 2.45) is 0 Å². The van der Waals surface area contributed by atoms with Crippen molar-refractivity contribution in [3.05, 3.63) is 107 Å². The van der Waals surface area contributed by atoms with E-state index in [0.29, 0.717) is 45.5 Å². The SMILES string of the molecule is N#Cc1nc2c3c(c4ccccc4c2nc1C#N)OC(=O)CC3c1ccc(OCc2ccccc2)cc1. The molecule has 0 N–H and O–H groups in total. The van der Waals surface area contributed by atoms with Crippen LogP contribution in [0.2, 0.25) is 0 Å². The van der Waals surface area contributed by atoms with Gasteiger partial charge in [-0.15, -0.1) is 0 Å². The smallest absolute Gasteiger partial charge is 0.312 e. The maximum Gasteiger partial charge on any atom is 0.312 e. The lowest BCUT2D eigenvalue weighted by Gasteiger charge is -2.27. The number of hydrogen-bond donors (Lipinski definition) is 0. The molecule has 4 aromatic carbocycles. The molecule has 7 nitrogen and oxygen atoms in total. The molecule has 0 saturated carbocycles. The van der Waals surface area contributed by atoms with Gasteiger partial charge in [0, 0.05) is 22.3 Å². The number of hydrogen-bond acceptors (Lipinski definition) is 7. The van der Waals surface area contributed by atoms with Gasteiger partial charge in [0.05, 0.1) is 17.5 Å². The fraction of sp³-hybridized carbons (Fsp3) is 0.100. The van der Waals surface area contributed by atoms with E-state index in [1.165, 1.54) is 0 Å². The summed E-state index contributed by atoms with van der Waals surface area (Å²) >= 11 is 0. The fourth-order valence-corrected chi connectivity index (χ4v) is 4.79. The number of carbonyl (C=O) groups is 1. The van der Waals surface area contributed by atoms with Crippen molar-refractivity contribution < 1.29 is 14.3 Å². The number of fused-ring (bicyclic) bond motifs is 6. The van der Waals surface area contributed by atoms with Gasteiger partial charge < -0.3 is 9.47 Å². The van der Waals surface area contributed by atoms with Gasteiger partial charge in [0.1, 0.15) is 30.2 Å². The first-order valence-corrected chi connectivity index (χ1v) is 11.7. The zero-order valence-corrected chi connectivity index (χ0v) is 19.5. The highest BCUT2D eigenvalue weighted by molar-refractivity contribution is 6.11. The Morgan fingerprint density at radius 3 is 2.19 bits per heavy atom. The molecule has 0 saturated heterocycles. The van der Waals surface area contributed by atoms with Gasteiger partial charge in [-0.1, -0.05) is 66.7 Å². The summed E-state index contributed by atoms with van der Waals surface area (Å²) in [4.78, 5) is 21.8. The maximum atomic E-state index is 12.8. The van der Waals surface area contributed by atoms with Gasteiger partial charge in [0.25, 0.3) is 0 Å². The van der Waals surface area contributed by atoms with Crippen LogP contribution in [0.4, 0.5) is 0 Å². The number of benzene rings is 4. The molecule has 0 bridgehead atoms. The summed E-state index contributed by atoms with van der Waals surface area (Å²) in [6.45, 7) is 0.448. The number of aromatic nitrogens is 2. The normalized spacial score (nSPS) is 14.4. The second-order valence-corrected chi connectivity index (χ2v) is 8.70. The minimum absolute atomic E-state index is 0.0376. The quantitative estimate of drug-likeness (QED) is 0.188. The Hall–Kier alpha value is -5.27. The van der Waals surface area contributed by atoms with Crippen LogP contribution in [-0.2, 0) is 11.4 Å². The monoisotopic (exact) mass is 482 g/mol. The Labute approximate surface area is 212 Å². The average molecular weight is 482 g/mol. The van der Waals surface area contributed by atoms with E-state index in [-0.39, 0.29) is 29.7 Å². The molecule has 0 aliphatic carbocycles. The van der Waals surface area contributed by atoms with E-state index in [4.69, 9.17) is 9.47 Å². The molecular weight excluding hydrogens is 464 g/mol. The summed E-state index contributed by atoms with van der Waals surface area (Å²) in [5.74, 6) is 0.394. The third-order valence-corrected chi connectivity index (χ3v) is 6.50. The Morgan fingerprint density at radius 1 is 0.838 bits per heavy atom. The van der Waals surface area contributed by atoms with Gasteiger partial charge in [-0.3, -0.25) is 4.79 Å². The highest BCUT2D eigenvalue weighted by atomic mass is 16.5. The van der Waals surface area contributed by atoms with Gasteiger partial charge in [0.15, 0.2) is 11.4 Å². The second-order valence-electron chi connectivity index (χ2n) is 8.70. The van der Waals surface area contributed by atoms with Crippen LogP contribution in [0.5, 0.6) is 11.5 Å². The van der Waals surface area contributed by atoms with Crippen molar-refractivity contribution in [2.75, 3.05) is 0 Å². The van der Waals surface area contributed by atoms with E-state index >= 15 is 0 Å². The van der Waals surface area contributed by atoms with Crippen molar-refractivity contribution in [2.45, 2.75) is 18.9 Å². The van der Waals surface area contributed by atoms with Crippen molar-refractivity contribution >= 4 is 27.8 Å². The lowest BCUT2D eigenvalue weighted by molar-refractivity contribution is -0.135. The molecule has 7 heteroatoms. The fourth-order valence-electron chi connectivity index (χ4n) is 4.79. The molecular formula is C30H18N4O3. The summed E-state index contributed by atoms with van der Waals surface area (Å²) in [7, 11) is 0. The molecule has 0 fully saturated rings. The highest BCUT2D eigenvalue weighted by Crippen LogP contribution is 2.47. The molecule has 1 aliphatic rings. The van der Waals surface area contributed by atoms with Crippen molar-refractivity contribution in [3.63, 3.8) is 0 Å². The zero-order valence-electron chi connectivity index (χ0n) is 19.5. The molecule has 6 rings (SSSR count). The molecule has 0 spiro atoms. The lowest BCUT2D eigenvalue weighted by atomic mass is 9.83. The largest absolute Gasteiger partial charge is 0.489 e.